The molecular formula is C29H33N3O4. The Kier molecular flexibility index (Phi) is 7.81. The number of ether oxygens (including phenoxy) is 2. The molecule has 0 bridgehead atoms. The van der Waals surface area contributed by atoms with Gasteiger partial charge in [-0.3, -0.25) is 9.88 Å². The highest BCUT2D eigenvalue weighted by atomic mass is 17.2. The molecule has 1 fully saturated rings. The maximum atomic E-state index is 6.02. The monoisotopic (exact) mass is 487 g/mol. The highest BCUT2D eigenvalue weighted by Crippen LogP contribution is 2.31. The van der Waals surface area contributed by atoms with E-state index < -0.39 is 0 Å². The fourth-order valence-corrected chi connectivity index (χ4v) is 4.85. The molecule has 1 saturated heterocycles. The maximum Gasteiger partial charge on any atom is 0.124 e. The van der Waals surface area contributed by atoms with Gasteiger partial charge in [-0.25, -0.2) is 9.78 Å². The number of pyridine rings is 1. The Bertz CT molecular complexity index is 1280. The number of rotatable bonds is 11. The Morgan fingerprint density at radius 2 is 1.78 bits per heavy atom. The van der Waals surface area contributed by atoms with Crippen molar-refractivity contribution in [2.24, 2.45) is 0 Å². The zero-order chi connectivity index (χ0) is 24.7. The third-order valence-electron chi connectivity index (χ3n) is 6.75. The zero-order valence-electron chi connectivity index (χ0n) is 21.0. The van der Waals surface area contributed by atoms with Crippen LogP contribution < -0.4 is 9.47 Å². The van der Waals surface area contributed by atoms with Gasteiger partial charge >= 0.3 is 0 Å². The van der Waals surface area contributed by atoms with Crippen LogP contribution >= 0.6 is 0 Å². The summed E-state index contributed by atoms with van der Waals surface area (Å²) in [4.78, 5) is 16.6. The first-order chi connectivity index (χ1) is 17.7. The van der Waals surface area contributed by atoms with E-state index in [0.717, 1.165) is 57.9 Å². The van der Waals surface area contributed by atoms with E-state index in [-0.39, 0.29) is 0 Å². The van der Waals surface area contributed by atoms with Crippen molar-refractivity contribution in [1.82, 2.24) is 14.5 Å². The minimum Gasteiger partial charge on any atom is -0.496 e. The molecule has 0 N–H and O–H groups in total. The Balaban J connectivity index is 1.37. The Morgan fingerprint density at radius 1 is 0.944 bits per heavy atom. The van der Waals surface area contributed by atoms with Crippen molar-refractivity contribution in [3.63, 3.8) is 0 Å². The molecule has 0 saturated carbocycles. The van der Waals surface area contributed by atoms with Crippen LogP contribution in [0.1, 0.15) is 24.0 Å². The van der Waals surface area contributed by atoms with E-state index in [1.165, 1.54) is 33.0 Å². The van der Waals surface area contributed by atoms with Gasteiger partial charge in [0.05, 0.1) is 19.7 Å². The summed E-state index contributed by atoms with van der Waals surface area (Å²) in [7, 11) is 3.17. The molecule has 7 nitrogen and oxygen atoms in total. The van der Waals surface area contributed by atoms with Gasteiger partial charge in [-0.05, 0) is 79.5 Å². The van der Waals surface area contributed by atoms with E-state index in [9.17, 15) is 0 Å². The van der Waals surface area contributed by atoms with Gasteiger partial charge < -0.3 is 14.0 Å². The lowest BCUT2D eigenvalue weighted by atomic mass is 10.1. The molecule has 1 aliphatic rings. The molecule has 0 amide bonds. The van der Waals surface area contributed by atoms with E-state index in [1.54, 1.807) is 7.11 Å². The lowest BCUT2D eigenvalue weighted by Crippen LogP contribution is -2.25. The van der Waals surface area contributed by atoms with E-state index in [4.69, 9.17) is 19.2 Å². The van der Waals surface area contributed by atoms with Crippen LogP contribution in [-0.4, -0.2) is 54.9 Å². The molecule has 2 aromatic carbocycles. The summed E-state index contributed by atoms with van der Waals surface area (Å²) in [5.74, 6) is 1.68. The van der Waals surface area contributed by atoms with Crippen LogP contribution in [0, 0.1) is 0 Å². The molecule has 3 heterocycles. The number of hydrogen-bond donors (Lipinski definition) is 0. The summed E-state index contributed by atoms with van der Waals surface area (Å²) in [5.41, 5.74) is 5.47. The van der Waals surface area contributed by atoms with Crippen LogP contribution in [0.4, 0.5) is 0 Å². The fourth-order valence-electron chi connectivity index (χ4n) is 4.85. The van der Waals surface area contributed by atoms with Gasteiger partial charge in [0.15, 0.2) is 0 Å². The SMILES string of the molecule is COOCc1ccc(Cn2c(-c3ccc(OCCN4CCCC4)cc3)cc3cnccc32)cc1OC. The number of likely N-dealkylation sites (tertiary alicyclic amines) is 1. The number of hydrogen-bond acceptors (Lipinski definition) is 6. The summed E-state index contributed by atoms with van der Waals surface area (Å²) in [6, 6.07) is 18.8. The predicted molar refractivity (Wildman–Crippen MR) is 140 cm³/mol. The van der Waals surface area contributed by atoms with Crippen molar-refractivity contribution in [2.45, 2.75) is 26.0 Å². The largest absolute Gasteiger partial charge is 0.496 e. The van der Waals surface area contributed by atoms with Crippen molar-refractivity contribution >= 4 is 10.9 Å². The Morgan fingerprint density at radius 3 is 2.56 bits per heavy atom. The van der Waals surface area contributed by atoms with Gasteiger partial charge in [0.25, 0.3) is 0 Å². The first-order valence-corrected chi connectivity index (χ1v) is 12.5. The standard InChI is InChI=1S/C29H33N3O4/c1-33-29-17-22(5-6-24(29)21-36-34-2)20-32-27-11-12-30-19-25(27)18-28(32)23-7-9-26(10-8-23)35-16-15-31-13-3-4-14-31/h5-12,17-19H,3-4,13-16,20-21H2,1-2H3. The molecule has 188 valence electrons. The second-order valence-electron chi connectivity index (χ2n) is 9.05. The summed E-state index contributed by atoms with van der Waals surface area (Å²) in [6.45, 7) is 5.12. The molecule has 0 radical (unpaired) electrons. The van der Waals surface area contributed by atoms with E-state index in [0.29, 0.717) is 13.2 Å². The third-order valence-corrected chi connectivity index (χ3v) is 6.75. The first kappa shape index (κ1) is 24.3. The van der Waals surface area contributed by atoms with Crippen molar-refractivity contribution in [2.75, 3.05) is 40.5 Å². The second kappa shape index (κ2) is 11.6. The second-order valence-corrected chi connectivity index (χ2v) is 9.05. The number of fused-ring (bicyclic) bond motifs is 1. The lowest BCUT2D eigenvalue weighted by molar-refractivity contribution is -0.282. The van der Waals surface area contributed by atoms with Gasteiger partial charge in [-0.15, -0.1) is 0 Å². The fraction of sp³-hybridized carbons (Fsp3) is 0.345. The molecular weight excluding hydrogens is 454 g/mol. The van der Waals surface area contributed by atoms with Crippen molar-refractivity contribution in [1.29, 1.82) is 0 Å². The van der Waals surface area contributed by atoms with Crippen LogP contribution in [0.15, 0.2) is 67.0 Å². The highest BCUT2D eigenvalue weighted by molar-refractivity contribution is 5.86. The van der Waals surface area contributed by atoms with Crippen LogP contribution in [0.2, 0.25) is 0 Å². The quantitative estimate of drug-likeness (QED) is 0.211. The summed E-state index contributed by atoms with van der Waals surface area (Å²) < 4.78 is 13.9. The summed E-state index contributed by atoms with van der Waals surface area (Å²) in [5, 5.41) is 1.11. The lowest BCUT2D eigenvalue weighted by Gasteiger charge is -2.16. The third kappa shape index (κ3) is 5.54. The summed E-state index contributed by atoms with van der Waals surface area (Å²) >= 11 is 0. The van der Waals surface area contributed by atoms with Crippen molar-refractivity contribution < 1.29 is 19.2 Å². The molecule has 0 atom stereocenters. The number of methoxy groups -OCH3 is 1. The number of benzene rings is 2. The Labute approximate surface area is 212 Å². The van der Waals surface area contributed by atoms with Crippen LogP contribution in [0.25, 0.3) is 22.2 Å². The minimum absolute atomic E-state index is 0.329. The van der Waals surface area contributed by atoms with Crippen molar-refractivity contribution in [3.8, 4) is 22.8 Å². The average Bonchev–Trinajstić information content (AvgIpc) is 3.56. The number of aromatic nitrogens is 2. The minimum atomic E-state index is 0.329. The maximum absolute atomic E-state index is 6.02. The molecule has 0 aliphatic carbocycles. The van der Waals surface area contributed by atoms with Gasteiger partial charge in [-0.2, -0.15) is 0 Å². The van der Waals surface area contributed by atoms with Gasteiger partial charge in [0, 0.05) is 42.1 Å². The molecule has 5 rings (SSSR count). The van der Waals surface area contributed by atoms with Crippen LogP contribution in [0.5, 0.6) is 11.5 Å². The van der Waals surface area contributed by atoms with Gasteiger partial charge in [0.2, 0.25) is 0 Å². The molecule has 36 heavy (non-hydrogen) atoms. The average molecular weight is 488 g/mol. The van der Waals surface area contributed by atoms with Gasteiger partial charge in [-0.1, -0.05) is 12.1 Å². The molecule has 2 aromatic heterocycles. The molecule has 1 aliphatic heterocycles. The Hall–Kier alpha value is -3.39. The molecule has 0 unspecified atom stereocenters. The summed E-state index contributed by atoms with van der Waals surface area (Å²) in [6.07, 6.45) is 6.36. The van der Waals surface area contributed by atoms with E-state index >= 15 is 0 Å². The zero-order valence-corrected chi connectivity index (χ0v) is 21.0. The predicted octanol–water partition coefficient (Wildman–Crippen LogP) is 5.31. The van der Waals surface area contributed by atoms with Gasteiger partial charge in [0.1, 0.15) is 24.7 Å². The normalized spacial score (nSPS) is 13.9. The molecule has 4 aromatic rings. The smallest absolute Gasteiger partial charge is 0.124 e. The van der Waals surface area contributed by atoms with Crippen LogP contribution in [-0.2, 0) is 22.9 Å². The number of nitrogens with zero attached hydrogens (tertiary/aromatic N) is 3. The topological polar surface area (TPSA) is 58.0 Å². The van der Waals surface area contributed by atoms with E-state index in [1.807, 2.05) is 18.5 Å². The highest BCUT2D eigenvalue weighted by Gasteiger charge is 2.14. The van der Waals surface area contributed by atoms with E-state index in [2.05, 4.69) is 63.0 Å². The first-order valence-electron chi connectivity index (χ1n) is 12.5. The van der Waals surface area contributed by atoms with Crippen LogP contribution in [0.3, 0.4) is 0 Å². The molecule has 7 heteroatoms. The molecule has 0 spiro atoms. The van der Waals surface area contributed by atoms with Crippen molar-refractivity contribution in [3.05, 3.63) is 78.1 Å².